The van der Waals surface area contributed by atoms with Gasteiger partial charge in [-0.15, -0.1) is 11.6 Å². The quantitative estimate of drug-likeness (QED) is 0.526. The maximum absolute atomic E-state index is 12.0. The van der Waals surface area contributed by atoms with Crippen LogP contribution in [0.2, 0.25) is 5.02 Å². The Labute approximate surface area is 113 Å². The number of benzene rings is 1. The first-order chi connectivity index (χ1) is 8.47. The molecule has 1 fully saturated rings. The van der Waals surface area contributed by atoms with Crippen LogP contribution in [0.1, 0.15) is 23.2 Å². The van der Waals surface area contributed by atoms with E-state index < -0.39 is 16.4 Å². The maximum Gasteiger partial charge on any atom is 0.283 e. The number of hydrogen-bond acceptors (Lipinski definition) is 3. The summed E-state index contributed by atoms with van der Waals surface area (Å²) in [7, 11) is 0. The second-order valence-electron chi connectivity index (χ2n) is 4.29. The van der Waals surface area contributed by atoms with Crippen molar-refractivity contribution in [2.24, 2.45) is 0 Å². The van der Waals surface area contributed by atoms with Gasteiger partial charge in [-0.2, -0.15) is 0 Å². The highest BCUT2D eigenvalue weighted by Crippen LogP contribution is 2.37. The van der Waals surface area contributed by atoms with Crippen LogP contribution in [0.15, 0.2) is 18.2 Å². The van der Waals surface area contributed by atoms with Gasteiger partial charge in [-0.3, -0.25) is 14.9 Å². The van der Waals surface area contributed by atoms with Crippen LogP contribution >= 0.6 is 23.2 Å². The fourth-order valence-corrected chi connectivity index (χ4v) is 2.10. The largest absolute Gasteiger partial charge is 0.345 e. The minimum atomic E-state index is -0.624. The third-order valence-corrected chi connectivity index (χ3v) is 3.64. The van der Waals surface area contributed by atoms with Crippen molar-refractivity contribution >= 4 is 34.8 Å². The van der Waals surface area contributed by atoms with Crippen LogP contribution < -0.4 is 5.32 Å². The number of nitrogens with one attached hydrogen (secondary N) is 1. The van der Waals surface area contributed by atoms with Crippen molar-refractivity contribution in [1.82, 2.24) is 5.32 Å². The molecule has 0 spiro atoms. The molecule has 7 heteroatoms. The maximum atomic E-state index is 12.0. The van der Waals surface area contributed by atoms with Crippen molar-refractivity contribution in [3.63, 3.8) is 0 Å². The molecule has 1 aliphatic carbocycles. The minimum absolute atomic E-state index is 0.000733. The second kappa shape index (κ2) is 4.74. The van der Waals surface area contributed by atoms with Gasteiger partial charge in [-0.25, -0.2) is 0 Å². The summed E-state index contributed by atoms with van der Waals surface area (Å²) in [6.07, 6.45) is 1.59. The summed E-state index contributed by atoms with van der Waals surface area (Å²) in [4.78, 5) is 22.2. The lowest BCUT2D eigenvalue weighted by atomic mass is 10.1. The van der Waals surface area contributed by atoms with Gasteiger partial charge in [-0.05, 0) is 25.0 Å². The SMILES string of the molecule is O=C(NC1(CCl)CC1)c1ccc(Cl)cc1[N+](=O)[O-]. The van der Waals surface area contributed by atoms with E-state index in [1.807, 2.05) is 0 Å². The Hall–Kier alpha value is -1.33. The van der Waals surface area contributed by atoms with E-state index in [9.17, 15) is 14.9 Å². The highest BCUT2D eigenvalue weighted by Gasteiger charge is 2.43. The Morgan fingerprint density at radius 2 is 2.17 bits per heavy atom. The summed E-state index contributed by atoms with van der Waals surface area (Å²) in [5, 5.41) is 13.8. The molecule has 1 aromatic rings. The molecule has 1 aromatic carbocycles. The molecule has 0 atom stereocenters. The van der Waals surface area contributed by atoms with Gasteiger partial charge in [0.05, 0.1) is 10.5 Å². The fraction of sp³-hybridized carbons (Fsp3) is 0.364. The molecule has 96 valence electrons. The van der Waals surface area contributed by atoms with E-state index in [1.165, 1.54) is 12.1 Å². The predicted octanol–water partition coefficient (Wildman–Crippen LogP) is 2.75. The Kier molecular flexibility index (Phi) is 3.45. The van der Waals surface area contributed by atoms with Gasteiger partial charge < -0.3 is 5.32 Å². The second-order valence-corrected chi connectivity index (χ2v) is 4.99. The monoisotopic (exact) mass is 288 g/mol. The van der Waals surface area contributed by atoms with E-state index >= 15 is 0 Å². The summed E-state index contributed by atoms with van der Waals surface area (Å²) in [6, 6.07) is 3.96. The number of amides is 1. The van der Waals surface area contributed by atoms with Gasteiger partial charge in [0, 0.05) is 17.0 Å². The van der Waals surface area contributed by atoms with Crippen molar-refractivity contribution in [2.75, 3.05) is 5.88 Å². The molecule has 1 aliphatic rings. The minimum Gasteiger partial charge on any atom is -0.345 e. The molecule has 0 aliphatic heterocycles. The van der Waals surface area contributed by atoms with Gasteiger partial charge in [0.15, 0.2) is 0 Å². The van der Waals surface area contributed by atoms with Gasteiger partial charge in [0.25, 0.3) is 11.6 Å². The highest BCUT2D eigenvalue weighted by atomic mass is 35.5. The molecular formula is C11H10Cl2N2O3. The first-order valence-corrected chi connectivity index (χ1v) is 6.21. The first kappa shape index (κ1) is 13.1. The summed E-state index contributed by atoms with van der Waals surface area (Å²) in [5.41, 5.74) is -0.697. The zero-order valence-electron chi connectivity index (χ0n) is 9.28. The third-order valence-electron chi connectivity index (χ3n) is 2.89. The van der Waals surface area contributed by atoms with Gasteiger partial charge >= 0.3 is 0 Å². The molecule has 0 heterocycles. The van der Waals surface area contributed by atoms with Crippen molar-refractivity contribution in [1.29, 1.82) is 0 Å². The van der Waals surface area contributed by atoms with Crippen LogP contribution in [-0.2, 0) is 0 Å². The number of nitro benzene ring substituents is 1. The lowest BCUT2D eigenvalue weighted by Crippen LogP contribution is -2.38. The molecule has 5 nitrogen and oxygen atoms in total. The Morgan fingerprint density at radius 1 is 1.50 bits per heavy atom. The Balaban J connectivity index is 2.27. The van der Waals surface area contributed by atoms with E-state index in [0.29, 0.717) is 5.88 Å². The molecule has 0 bridgehead atoms. The molecule has 18 heavy (non-hydrogen) atoms. The molecule has 0 aromatic heterocycles. The summed E-state index contributed by atoms with van der Waals surface area (Å²) in [6.45, 7) is 0. The smallest absolute Gasteiger partial charge is 0.283 e. The van der Waals surface area contributed by atoms with Crippen LogP contribution in [0.5, 0.6) is 0 Å². The number of nitro groups is 1. The van der Waals surface area contributed by atoms with E-state index in [-0.39, 0.29) is 16.3 Å². The summed E-state index contributed by atoms with van der Waals surface area (Å²) < 4.78 is 0. The third kappa shape index (κ3) is 2.57. The number of carbonyl (C=O) groups is 1. The first-order valence-electron chi connectivity index (χ1n) is 5.30. The average Bonchev–Trinajstić information content (AvgIpc) is 3.09. The normalized spacial score (nSPS) is 16.1. The molecule has 1 amide bonds. The number of carbonyl (C=O) groups excluding carboxylic acids is 1. The van der Waals surface area contributed by atoms with Crippen molar-refractivity contribution in [2.45, 2.75) is 18.4 Å². The van der Waals surface area contributed by atoms with Gasteiger partial charge in [0.1, 0.15) is 5.56 Å². The van der Waals surface area contributed by atoms with E-state index in [0.717, 1.165) is 18.9 Å². The molecule has 1 N–H and O–H groups in total. The lowest BCUT2D eigenvalue weighted by Gasteiger charge is -2.13. The van der Waals surface area contributed by atoms with Crippen LogP contribution in [0.25, 0.3) is 0 Å². The zero-order chi connectivity index (χ0) is 13.3. The average molecular weight is 289 g/mol. The molecular weight excluding hydrogens is 279 g/mol. The number of hydrogen-bond donors (Lipinski definition) is 1. The van der Waals surface area contributed by atoms with Crippen molar-refractivity contribution < 1.29 is 9.72 Å². The zero-order valence-corrected chi connectivity index (χ0v) is 10.8. The summed E-state index contributed by atoms with van der Waals surface area (Å²) >= 11 is 11.4. The Bertz CT molecular complexity index is 515. The van der Waals surface area contributed by atoms with Crippen LogP contribution in [0.3, 0.4) is 0 Å². The van der Waals surface area contributed by atoms with Crippen molar-refractivity contribution in [3.8, 4) is 0 Å². The number of rotatable bonds is 4. The van der Waals surface area contributed by atoms with E-state index in [2.05, 4.69) is 5.32 Å². The molecule has 0 unspecified atom stereocenters. The molecule has 0 saturated heterocycles. The number of nitrogens with zero attached hydrogens (tertiary/aromatic N) is 1. The lowest BCUT2D eigenvalue weighted by molar-refractivity contribution is -0.385. The van der Waals surface area contributed by atoms with Crippen LogP contribution in [0, 0.1) is 10.1 Å². The molecule has 1 saturated carbocycles. The molecule has 0 radical (unpaired) electrons. The molecule has 2 rings (SSSR count). The standard InChI is InChI=1S/C11H10Cl2N2O3/c12-6-11(3-4-11)14-10(16)8-2-1-7(13)5-9(8)15(17)18/h1-2,5H,3-4,6H2,(H,14,16). The summed E-state index contributed by atoms with van der Waals surface area (Å²) in [5.74, 6) is -0.184. The topological polar surface area (TPSA) is 72.2 Å². The van der Waals surface area contributed by atoms with Crippen molar-refractivity contribution in [3.05, 3.63) is 38.9 Å². The predicted molar refractivity (Wildman–Crippen MR) is 68.3 cm³/mol. The number of halogens is 2. The Morgan fingerprint density at radius 3 is 2.67 bits per heavy atom. The van der Waals surface area contributed by atoms with Crippen LogP contribution in [0.4, 0.5) is 5.69 Å². The van der Waals surface area contributed by atoms with Crippen LogP contribution in [-0.4, -0.2) is 22.2 Å². The highest BCUT2D eigenvalue weighted by molar-refractivity contribution is 6.31. The number of alkyl halides is 1. The van der Waals surface area contributed by atoms with Gasteiger partial charge in [-0.1, -0.05) is 11.6 Å². The van der Waals surface area contributed by atoms with Gasteiger partial charge in [0.2, 0.25) is 0 Å². The fourth-order valence-electron chi connectivity index (χ4n) is 1.60. The van der Waals surface area contributed by atoms with E-state index in [1.54, 1.807) is 0 Å². The van der Waals surface area contributed by atoms with E-state index in [4.69, 9.17) is 23.2 Å².